The fourth-order valence-electron chi connectivity index (χ4n) is 3.31. The lowest BCUT2D eigenvalue weighted by Gasteiger charge is -2.19. The molecule has 162 valence electrons. The van der Waals surface area contributed by atoms with E-state index in [1.807, 2.05) is 30.3 Å². The van der Waals surface area contributed by atoms with Crippen LogP contribution in [0.1, 0.15) is 9.67 Å². The lowest BCUT2D eigenvalue weighted by molar-refractivity contribution is 0.103. The van der Waals surface area contributed by atoms with Crippen LogP contribution < -0.4 is 19.5 Å². The zero-order valence-electron chi connectivity index (χ0n) is 16.7. The summed E-state index contributed by atoms with van der Waals surface area (Å²) in [5.74, 6) is 0.711. The Morgan fingerprint density at radius 3 is 2.34 bits per heavy atom. The highest BCUT2D eigenvalue weighted by molar-refractivity contribution is 7.92. The zero-order chi connectivity index (χ0) is 22.1. The van der Waals surface area contributed by atoms with Crippen molar-refractivity contribution >= 4 is 48.7 Å². The second-order valence-electron chi connectivity index (χ2n) is 7.09. The van der Waals surface area contributed by atoms with E-state index < -0.39 is 10.0 Å². The molecule has 32 heavy (non-hydrogen) atoms. The van der Waals surface area contributed by atoms with Crippen molar-refractivity contribution in [3.05, 3.63) is 77.7 Å². The molecule has 7 nitrogen and oxygen atoms in total. The standard InChI is InChI=1S/C23H18N2O5S2/c26-23(22-13-15-3-1-2-4-21(15)31-22)24-16-5-7-17(8-6-16)25-32(27,28)18-9-10-19-20(14-18)30-12-11-29-19/h1-10,13-14,25H,11-12H2,(H,24,26). The molecular formula is C23H18N2O5S2. The van der Waals surface area contributed by atoms with Gasteiger partial charge in [-0.05, 0) is 53.9 Å². The largest absolute Gasteiger partial charge is 0.486 e. The summed E-state index contributed by atoms with van der Waals surface area (Å²) < 4.78 is 40.0. The van der Waals surface area contributed by atoms with Crippen LogP contribution in [0.3, 0.4) is 0 Å². The molecule has 1 aromatic heterocycles. The Bertz CT molecular complexity index is 1380. The van der Waals surface area contributed by atoms with Gasteiger partial charge in [-0.2, -0.15) is 0 Å². The Hall–Kier alpha value is -3.56. The molecule has 2 N–H and O–H groups in total. The lowest BCUT2D eigenvalue weighted by atomic mass is 10.2. The van der Waals surface area contributed by atoms with E-state index in [2.05, 4.69) is 10.0 Å². The number of hydrogen-bond donors (Lipinski definition) is 2. The number of rotatable bonds is 5. The second kappa shape index (κ2) is 8.18. The number of thiophene rings is 1. The van der Waals surface area contributed by atoms with Gasteiger partial charge >= 0.3 is 0 Å². The normalized spacial score (nSPS) is 13.0. The Kier molecular flexibility index (Phi) is 5.20. The number of sulfonamides is 1. The van der Waals surface area contributed by atoms with Crippen LogP contribution in [0.15, 0.2) is 77.7 Å². The minimum Gasteiger partial charge on any atom is -0.486 e. The van der Waals surface area contributed by atoms with E-state index >= 15 is 0 Å². The van der Waals surface area contributed by atoms with E-state index in [1.165, 1.54) is 23.5 Å². The van der Waals surface area contributed by atoms with Gasteiger partial charge in [-0.3, -0.25) is 9.52 Å². The highest BCUT2D eigenvalue weighted by Crippen LogP contribution is 2.33. The lowest BCUT2D eigenvalue weighted by Crippen LogP contribution is -2.17. The molecule has 5 rings (SSSR count). The van der Waals surface area contributed by atoms with Gasteiger partial charge in [-0.15, -0.1) is 11.3 Å². The quantitative estimate of drug-likeness (QED) is 0.444. The molecule has 0 spiro atoms. The maximum atomic E-state index is 12.7. The maximum absolute atomic E-state index is 12.7. The van der Waals surface area contributed by atoms with Gasteiger partial charge in [-0.1, -0.05) is 18.2 Å². The number of amides is 1. The minimum absolute atomic E-state index is 0.0730. The molecule has 1 amide bonds. The summed E-state index contributed by atoms with van der Waals surface area (Å²) in [5, 5.41) is 3.86. The third kappa shape index (κ3) is 4.12. The molecular weight excluding hydrogens is 448 g/mol. The molecule has 1 aliphatic rings. The Labute approximate surface area is 188 Å². The van der Waals surface area contributed by atoms with E-state index in [9.17, 15) is 13.2 Å². The van der Waals surface area contributed by atoms with Crippen molar-refractivity contribution in [2.24, 2.45) is 0 Å². The number of carbonyl (C=O) groups excluding carboxylic acids is 1. The van der Waals surface area contributed by atoms with Gasteiger partial charge < -0.3 is 14.8 Å². The summed E-state index contributed by atoms with van der Waals surface area (Å²) in [4.78, 5) is 13.2. The van der Waals surface area contributed by atoms with Crippen molar-refractivity contribution in [3.63, 3.8) is 0 Å². The summed E-state index contributed by atoms with van der Waals surface area (Å²) in [7, 11) is -3.81. The summed E-state index contributed by atoms with van der Waals surface area (Å²) in [5.41, 5.74) is 0.939. The van der Waals surface area contributed by atoms with Gasteiger partial charge in [-0.25, -0.2) is 8.42 Å². The van der Waals surface area contributed by atoms with Crippen molar-refractivity contribution in [2.75, 3.05) is 23.3 Å². The average Bonchev–Trinajstić information content (AvgIpc) is 3.24. The van der Waals surface area contributed by atoms with Gasteiger partial charge in [0.1, 0.15) is 13.2 Å². The first-order chi connectivity index (χ1) is 15.5. The number of ether oxygens (including phenoxy) is 2. The van der Waals surface area contributed by atoms with E-state index in [1.54, 1.807) is 30.3 Å². The van der Waals surface area contributed by atoms with Crippen LogP contribution in [-0.4, -0.2) is 27.5 Å². The molecule has 0 bridgehead atoms. The number of nitrogens with one attached hydrogen (secondary N) is 2. The summed E-state index contributed by atoms with van der Waals surface area (Å²) in [6.45, 7) is 0.807. The van der Waals surface area contributed by atoms with E-state index in [-0.39, 0.29) is 10.8 Å². The number of anilines is 2. The first-order valence-electron chi connectivity index (χ1n) is 9.80. The van der Waals surface area contributed by atoms with Gasteiger partial charge in [0.05, 0.1) is 9.77 Å². The Morgan fingerprint density at radius 1 is 0.844 bits per heavy atom. The molecule has 3 aromatic carbocycles. The number of hydrogen-bond acceptors (Lipinski definition) is 6. The third-order valence-electron chi connectivity index (χ3n) is 4.87. The van der Waals surface area contributed by atoms with Gasteiger partial charge in [0.25, 0.3) is 15.9 Å². The first kappa shape index (κ1) is 20.3. The SMILES string of the molecule is O=C(Nc1ccc(NS(=O)(=O)c2ccc3c(c2)OCCO3)cc1)c1cc2ccccc2s1. The smallest absolute Gasteiger partial charge is 0.265 e. The topological polar surface area (TPSA) is 93.7 Å². The van der Waals surface area contributed by atoms with Crippen LogP contribution in [-0.2, 0) is 10.0 Å². The van der Waals surface area contributed by atoms with Crippen LogP contribution >= 0.6 is 11.3 Å². The predicted molar refractivity (Wildman–Crippen MR) is 124 cm³/mol. The highest BCUT2D eigenvalue weighted by atomic mass is 32.2. The maximum Gasteiger partial charge on any atom is 0.265 e. The van der Waals surface area contributed by atoms with Crippen LogP contribution in [0.2, 0.25) is 0 Å². The van der Waals surface area contributed by atoms with Crippen molar-refractivity contribution < 1.29 is 22.7 Å². The molecule has 1 aliphatic heterocycles. The summed E-state index contributed by atoms with van der Waals surface area (Å²) in [6.07, 6.45) is 0. The molecule has 0 radical (unpaired) electrons. The molecule has 0 saturated heterocycles. The molecule has 4 aromatic rings. The number of carbonyl (C=O) groups is 1. The number of benzene rings is 3. The van der Waals surface area contributed by atoms with Crippen LogP contribution in [0.5, 0.6) is 11.5 Å². The first-order valence-corrected chi connectivity index (χ1v) is 12.1. The van der Waals surface area contributed by atoms with Gasteiger partial charge in [0.15, 0.2) is 11.5 Å². The molecule has 0 unspecified atom stereocenters. The van der Waals surface area contributed by atoms with Crippen molar-refractivity contribution in [1.29, 1.82) is 0 Å². The van der Waals surface area contributed by atoms with Crippen LogP contribution in [0, 0.1) is 0 Å². The highest BCUT2D eigenvalue weighted by Gasteiger charge is 2.19. The molecule has 2 heterocycles. The molecule has 0 fully saturated rings. The minimum atomic E-state index is -3.81. The van der Waals surface area contributed by atoms with E-state index in [4.69, 9.17) is 9.47 Å². The van der Waals surface area contributed by atoms with Crippen LogP contribution in [0.4, 0.5) is 11.4 Å². The van der Waals surface area contributed by atoms with Crippen molar-refractivity contribution in [1.82, 2.24) is 0 Å². The fourth-order valence-corrected chi connectivity index (χ4v) is 5.34. The van der Waals surface area contributed by atoms with Crippen molar-refractivity contribution in [3.8, 4) is 11.5 Å². The monoisotopic (exact) mass is 466 g/mol. The molecule has 9 heteroatoms. The zero-order valence-corrected chi connectivity index (χ0v) is 18.3. The Balaban J connectivity index is 1.28. The predicted octanol–water partition coefficient (Wildman–Crippen LogP) is 4.73. The van der Waals surface area contributed by atoms with Crippen molar-refractivity contribution in [2.45, 2.75) is 4.90 Å². The average molecular weight is 467 g/mol. The summed E-state index contributed by atoms with van der Waals surface area (Å²) in [6, 6.07) is 20.6. The van der Waals surface area contributed by atoms with Crippen LogP contribution in [0.25, 0.3) is 10.1 Å². The van der Waals surface area contributed by atoms with Gasteiger partial charge in [0, 0.05) is 22.1 Å². The molecule has 0 aliphatic carbocycles. The van der Waals surface area contributed by atoms with E-state index in [0.717, 1.165) is 10.1 Å². The van der Waals surface area contributed by atoms with Gasteiger partial charge in [0.2, 0.25) is 0 Å². The molecule has 0 saturated carbocycles. The fraction of sp³-hybridized carbons (Fsp3) is 0.0870. The van der Waals surface area contributed by atoms with E-state index in [0.29, 0.717) is 41.0 Å². The Morgan fingerprint density at radius 2 is 1.56 bits per heavy atom. The summed E-state index contributed by atoms with van der Waals surface area (Å²) >= 11 is 1.42. The second-order valence-corrected chi connectivity index (χ2v) is 9.86. The molecule has 0 atom stereocenters. The number of fused-ring (bicyclic) bond motifs is 2. The third-order valence-corrected chi connectivity index (χ3v) is 7.36.